The third-order valence-electron chi connectivity index (χ3n) is 3.16. The third-order valence-corrected chi connectivity index (χ3v) is 3.16. The average molecular weight is 271 g/mol. The molecule has 0 aliphatic rings. The Hall–Kier alpha value is -3.12. The van der Waals surface area contributed by atoms with Gasteiger partial charge < -0.3 is 5.32 Å². The number of nitriles is 1. The van der Waals surface area contributed by atoms with Gasteiger partial charge in [-0.05, 0) is 23.8 Å². The van der Waals surface area contributed by atoms with E-state index in [-0.39, 0.29) is 0 Å². The molecule has 2 aromatic carbocycles. The topological polar surface area (TPSA) is 48.7 Å². The fourth-order valence-corrected chi connectivity index (χ4v) is 2.17. The Morgan fingerprint density at radius 2 is 1.67 bits per heavy atom. The molecule has 21 heavy (non-hydrogen) atoms. The minimum atomic E-state index is 0.588. The fraction of sp³-hybridized carbons (Fsp3) is 0. The number of rotatable bonds is 3. The first kappa shape index (κ1) is 12.9. The van der Waals surface area contributed by atoms with E-state index in [1.165, 1.54) is 0 Å². The maximum absolute atomic E-state index is 8.96. The Kier molecular flexibility index (Phi) is 3.62. The summed E-state index contributed by atoms with van der Waals surface area (Å²) in [4.78, 5) is 4.26. The van der Waals surface area contributed by atoms with Crippen LogP contribution in [0.15, 0.2) is 72.9 Å². The normalized spacial score (nSPS) is 9.86. The van der Waals surface area contributed by atoms with Crippen molar-refractivity contribution in [3.8, 4) is 17.2 Å². The van der Waals surface area contributed by atoms with Gasteiger partial charge in [-0.15, -0.1) is 0 Å². The number of anilines is 2. The molecule has 0 saturated heterocycles. The highest BCUT2D eigenvalue weighted by atomic mass is 15.0. The highest BCUT2D eigenvalue weighted by molar-refractivity contribution is 5.80. The summed E-state index contributed by atoms with van der Waals surface area (Å²) in [6, 6.07) is 23.8. The molecular weight excluding hydrogens is 258 g/mol. The summed E-state index contributed by atoms with van der Waals surface area (Å²) in [6.07, 6.45) is 1.63. The van der Waals surface area contributed by atoms with Crippen molar-refractivity contribution < 1.29 is 0 Å². The molecule has 0 aliphatic heterocycles. The van der Waals surface area contributed by atoms with E-state index in [9.17, 15) is 0 Å². The number of nitrogens with zero attached hydrogens (tertiary/aromatic N) is 2. The van der Waals surface area contributed by atoms with Gasteiger partial charge in [-0.25, -0.2) is 4.98 Å². The molecule has 1 N–H and O–H groups in total. The number of hydrogen-bond donors (Lipinski definition) is 1. The largest absolute Gasteiger partial charge is 0.340 e. The van der Waals surface area contributed by atoms with E-state index >= 15 is 0 Å². The smallest absolute Gasteiger partial charge is 0.131 e. The zero-order valence-electron chi connectivity index (χ0n) is 11.3. The highest BCUT2D eigenvalue weighted by Crippen LogP contribution is 2.29. The minimum Gasteiger partial charge on any atom is -0.340 e. The van der Waals surface area contributed by atoms with Crippen LogP contribution in [0.5, 0.6) is 0 Å². The molecule has 3 nitrogen and oxygen atoms in total. The molecule has 0 unspecified atom stereocenters. The summed E-state index contributed by atoms with van der Waals surface area (Å²) in [5, 5.41) is 12.2. The number of para-hydroxylation sites is 1. The van der Waals surface area contributed by atoms with Gasteiger partial charge in [-0.2, -0.15) is 5.26 Å². The lowest BCUT2D eigenvalue weighted by atomic mass is 10.0. The molecule has 0 saturated carbocycles. The number of pyridine rings is 1. The van der Waals surface area contributed by atoms with E-state index in [2.05, 4.69) is 34.6 Å². The first-order chi connectivity index (χ1) is 10.4. The molecule has 1 heterocycles. The van der Waals surface area contributed by atoms with E-state index in [0.717, 1.165) is 16.8 Å². The van der Waals surface area contributed by atoms with Crippen LogP contribution in [0.4, 0.5) is 11.5 Å². The van der Waals surface area contributed by atoms with E-state index in [4.69, 9.17) is 5.26 Å². The van der Waals surface area contributed by atoms with Gasteiger partial charge in [0, 0.05) is 17.4 Å². The van der Waals surface area contributed by atoms with Crippen molar-refractivity contribution in [1.29, 1.82) is 5.26 Å². The standard InChI is InChI=1S/C18H13N3/c19-13-14-10-11-20-18(12-14)21-17-9-5-4-8-16(17)15-6-2-1-3-7-15/h1-12H,(H,20,21). The van der Waals surface area contributed by atoms with Gasteiger partial charge in [0.1, 0.15) is 5.82 Å². The van der Waals surface area contributed by atoms with Gasteiger partial charge in [0.15, 0.2) is 0 Å². The molecular formula is C18H13N3. The van der Waals surface area contributed by atoms with Crippen LogP contribution < -0.4 is 5.32 Å². The Balaban J connectivity index is 1.98. The van der Waals surface area contributed by atoms with Crippen molar-refractivity contribution in [1.82, 2.24) is 4.98 Å². The molecule has 1 aromatic heterocycles. The van der Waals surface area contributed by atoms with Crippen molar-refractivity contribution in [2.75, 3.05) is 5.32 Å². The lowest BCUT2D eigenvalue weighted by Gasteiger charge is -2.11. The van der Waals surface area contributed by atoms with Gasteiger partial charge in [-0.1, -0.05) is 48.5 Å². The van der Waals surface area contributed by atoms with Crippen LogP contribution in [-0.4, -0.2) is 4.98 Å². The van der Waals surface area contributed by atoms with Crippen LogP contribution in [0.3, 0.4) is 0 Å². The molecule has 0 aliphatic carbocycles. The number of benzene rings is 2. The van der Waals surface area contributed by atoms with Gasteiger partial charge >= 0.3 is 0 Å². The van der Waals surface area contributed by atoms with E-state index in [1.807, 2.05) is 36.4 Å². The Morgan fingerprint density at radius 3 is 2.48 bits per heavy atom. The van der Waals surface area contributed by atoms with Gasteiger partial charge in [0.2, 0.25) is 0 Å². The van der Waals surface area contributed by atoms with Crippen LogP contribution in [-0.2, 0) is 0 Å². The first-order valence-electron chi connectivity index (χ1n) is 6.64. The molecule has 100 valence electrons. The van der Waals surface area contributed by atoms with Crippen molar-refractivity contribution in [3.63, 3.8) is 0 Å². The summed E-state index contributed by atoms with van der Waals surface area (Å²) in [7, 11) is 0. The van der Waals surface area contributed by atoms with Gasteiger partial charge in [-0.3, -0.25) is 0 Å². The molecule has 0 atom stereocenters. The predicted molar refractivity (Wildman–Crippen MR) is 84.1 cm³/mol. The molecule has 0 spiro atoms. The molecule has 0 amide bonds. The van der Waals surface area contributed by atoms with Gasteiger partial charge in [0.05, 0.1) is 11.6 Å². The monoisotopic (exact) mass is 271 g/mol. The Labute approximate surface area is 123 Å². The second-order valence-corrected chi connectivity index (χ2v) is 4.58. The molecule has 3 rings (SSSR count). The summed E-state index contributed by atoms with van der Waals surface area (Å²) in [5.41, 5.74) is 3.79. The van der Waals surface area contributed by atoms with E-state index in [0.29, 0.717) is 11.4 Å². The van der Waals surface area contributed by atoms with Gasteiger partial charge in [0.25, 0.3) is 0 Å². The summed E-state index contributed by atoms with van der Waals surface area (Å²) >= 11 is 0. The Morgan fingerprint density at radius 1 is 0.905 bits per heavy atom. The highest BCUT2D eigenvalue weighted by Gasteiger charge is 2.05. The second-order valence-electron chi connectivity index (χ2n) is 4.58. The fourth-order valence-electron chi connectivity index (χ4n) is 2.17. The summed E-state index contributed by atoms with van der Waals surface area (Å²) < 4.78 is 0. The third kappa shape index (κ3) is 2.90. The lowest BCUT2D eigenvalue weighted by Crippen LogP contribution is -1.96. The van der Waals surface area contributed by atoms with E-state index < -0.39 is 0 Å². The average Bonchev–Trinajstić information content (AvgIpc) is 2.56. The van der Waals surface area contributed by atoms with Crippen molar-refractivity contribution in [3.05, 3.63) is 78.5 Å². The zero-order chi connectivity index (χ0) is 14.5. The van der Waals surface area contributed by atoms with Crippen molar-refractivity contribution in [2.24, 2.45) is 0 Å². The SMILES string of the molecule is N#Cc1ccnc(Nc2ccccc2-c2ccccc2)c1. The second kappa shape index (κ2) is 5.89. The first-order valence-corrected chi connectivity index (χ1v) is 6.64. The van der Waals surface area contributed by atoms with Crippen LogP contribution in [0.2, 0.25) is 0 Å². The van der Waals surface area contributed by atoms with Crippen LogP contribution >= 0.6 is 0 Å². The van der Waals surface area contributed by atoms with E-state index in [1.54, 1.807) is 18.3 Å². The number of aromatic nitrogens is 1. The maximum atomic E-state index is 8.96. The Bertz CT molecular complexity index is 789. The maximum Gasteiger partial charge on any atom is 0.131 e. The van der Waals surface area contributed by atoms with Crippen LogP contribution in [0.25, 0.3) is 11.1 Å². The lowest BCUT2D eigenvalue weighted by molar-refractivity contribution is 1.29. The van der Waals surface area contributed by atoms with Crippen molar-refractivity contribution >= 4 is 11.5 Å². The quantitative estimate of drug-likeness (QED) is 0.769. The summed E-state index contributed by atoms with van der Waals surface area (Å²) in [5.74, 6) is 0.664. The number of nitrogens with one attached hydrogen (secondary N) is 1. The molecule has 3 aromatic rings. The predicted octanol–water partition coefficient (Wildman–Crippen LogP) is 4.36. The van der Waals surface area contributed by atoms with Crippen LogP contribution in [0.1, 0.15) is 5.56 Å². The number of hydrogen-bond acceptors (Lipinski definition) is 3. The zero-order valence-corrected chi connectivity index (χ0v) is 11.3. The molecule has 0 fully saturated rings. The van der Waals surface area contributed by atoms with Crippen LogP contribution in [0, 0.1) is 11.3 Å². The molecule has 3 heteroatoms. The molecule has 0 radical (unpaired) electrons. The van der Waals surface area contributed by atoms with Crippen molar-refractivity contribution in [2.45, 2.75) is 0 Å². The summed E-state index contributed by atoms with van der Waals surface area (Å²) in [6.45, 7) is 0. The molecule has 0 bridgehead atoms. The minimum absolute atomic E-state index is 0.588.